The van der Waals surface area contributed by atoms with Crippen LogP contribution in [0.4, 0.5) is 0 Å². The van der Waals surface area contributed by atoms with Crippen molar-refractivity contribution in [2.75, 3.05) is 0 Å². The second kappa shape index (κ2) is 9.09. The molecule has 0 rings (SSSR count). The zero-order valence-electron chi connectivity index (χ0n) is 9.10. The van der Waals surface area contributed by atoms with Gasteiger partial charge in [0.1, 0.15) is 0 Å². The summed E-state index contributed by atoms with van der Waals surface area (Å²) in [6.45, 7) is 6.82. The van der Waals surface area contributed by atoms with Crippen molar-refractivity contribution in [3.63, 3.8) is 0 Å². The molecule has 0 N–H and O–H groups in total. The van der Waals surface area contributed by atoms with Gasteiger partial charge in [-0.3, -0.25) is 0 Å². The molecule has 73 valence electrons. The van der Waals surface area contributed by atoms with E-state index in [-0.39, 0.29) is 0 Å². The Hall–Kier alpha value is 0. The molecular weight excluding hydrogens is 144 g/mol. The Morgan fingerprint density at radius 3 is 1.75 bits per heavy atom. The Balaban J connectivity index is 3.40. The van der Waals surface area contributed by atoms with Crippen LogP contribution in [-0.4, -0.2) is 0 Å². The molecule has 0 unspecified atom stereocenters. The van der Waals surface area contributed by atoms with E-state index >= 15 is 0 Å². The lowest BCUT2D eigenvalue weighted by molar-refractivity contribution is 0.461. The molecule has 0 aliphatic carbocycles. The molecule has 0 heteroatoms. The third kappa shape index (κ3) is 6.69. The maximum atomic E-state index is 2.51. The average molecular weight is 169 g/mol. The van der Waals surface area contributed by atoms with E-state index in [0.717, 1.165) is 5.92 Å². The van der Waals surface area contributed by atoms with Gasteiger partial charge >= 0.3 is 0 Å². The van der Waals surface area contributed by atoms with E-state index in [9.17, 15) is 0 Å². The van der Waals surface area contributed by atoms with Crippen LogP contribution in [0, 0.1) is 12.3 Å². The molecule has 0 saturated heterocycles. The van der Waals surface area contributed by atoms with Crippen molar-refractivity contribution < 1.29 is 0 Å². The van der Waals surface area contributed by atoms with Crippen molar-refractivity contribution >= 4 is 0 Å². The highest BCUT2D eigenvalue weighted by atomic mass is 14.1. The molecule has 0 aromatic carbocycles. The molecule has 0 fully saturated rings. The monoisotopic (exact) mass is 169 g/mol. The zero-order valence-corrected chi connectivity index (χ0v) is 9.10. The molecule has 1 radical (unpaired) electrons. The normalized spacial score (nSPS) is 11.0. The summed E-state index contributed by atoms with van der Waals surface area (Å²) in [6, 6.07) is 0. The number of rotatable bonds is 8. The first-order valence-electron chi connectivity index (χ1n) is 5.68. The predicted octanol–water partition coefficient (Wildman–Crippen LogP) is 4.60. The van der Waals surface area contributed by atoms with Gasteiger partial charge in [0.25, 0.3) is 0 Å². The van der Waals surface area contributed by atoms with Crippen LogP contribution in [0.2, 0.25) is 0 Å². The maximum Gasteiger partial charge on any atom is -0.0357 e. The Bertz CT molecular complexity index is 68.1. The third-order valence-corrected chi connectivity index (χ3v) is 2.43. The maximum absolute atomic E-state index is 2.51. The summed E-state index contributed by atoms with van der Waals surface area (Å²) in [4.78, 5) is 0. The van der Waals surface area contributed by atoms with E-state index < -0.39 is 0 Å². The SMILES string of the molecule is CC[CH]C(CCCC)CCCC. The summed E-state index contributed by atoms with van der Waals surface area (Å²) in [6.07, 6.45) is 12.1. The van der Waals surface area contributed by atoms with Crippen molar-refractivity contribution in [1.82, 2.24) is 0 Å². The number of hydrogen-bond acceptors (Lipinski definition) is 0. The van der Waals surface area contributed by atoms with Crippen LogP contribution >= 0.6 is 0 Å². The van der Waals surface area contributed by atoms with Gasteiger partial charge in [-0.1, -0.05) is 65.7 Å². The zero-order chi connectivity index (χ0) is 9.23. The molecule has 0 aromatic rings. The minimum absolute atomic E-state index is 0.912. The molecule has 0 spiro atoms. The third-order valence-electron chi connectivity index (χ3n) is 2.43. The minimum Gasteiger partial charge on any atom is -0.0654 e. The molecular formula is C12H25. The molecule has 12 heavy (non-hydrogen) atoms. The van der Waals surface area contributed by atoms with Gasteiger partial charge in [0.2, 0.25) is 0 Å². The highest BCUT2D eigenvalue weighted by Crippen LogP contribution is 2.19. The average Bonchev–Trinajstić information content (AvgIpc) is 2.10. The minimum atomic E-state index is 0.912. The fourth-order valence-electron chi connectivity index (χ4n) is 1.65. The van der Waals surface area contributed by atoms with Crippen molar-refractivity contribution in [1.29, 1.82) is 0 Å². The van der Waals surface area contributed by atoms with E-state index in [0.29, 0.717) is 0 Å². The van der Waals surface area contributed by atoms with E-state index in [4.69, 9.17) is 0 Å². The van der Waals surface area contributed by atoms with Crippen LogP contribution in [0.25, 0.3) is 0 Å². The molecule has 0 bridgehead atoms. The Labute approximate surface area is 78.8 Å². The summed E-state index contributed by atoms with van der Waals surface area (Å²) in [5, 5.41) is 0. The lowest BCUT2D eigenvalue weighted by atomic mass is 9.92. The molecule has 0 atom stereocenters. The molecule has 0 saturated carbocycles. The van der Waals surface area contributed by atoms with E-state index in [1.807, 2.05) is 0 Å². The highest BCUT2D eigenvalue weighted by Gasteiger charge is 2.05. The van der Waals surface area contributed by atoms with Crippen LogP contribution in [-0.2, 0) is 0 Å². The van der Waals surface area contributed by atoms with Gasteiger partial charge in [-0.15, -0.1) is 0 Å². The second-order valence-electron chi connectivity index (χ2n) is 3.69. The van der Waals surface area contributed by atoms with E-state index in [1.165, 1.54) is 44.9 Å². The standard InChI is InChI=1S/C12H25/c1-4-7-10-12(9-6-3)11-8-5-2/h9,12H,4-8,10-11H2,1-3H3. The summed E-state index contributed by atoms with van der Waals surface area (Å²) in [5.74, 6) is 0.912. The molecule has 0 aromatic heterocycles. The summed E-state index contributed by atoms with van der Waals surface area (Å²) < 4.78 is 0. The Morgan fingerprint density at radius 1 is 0.917 bits per heavy atom. The van der Waals surface area contributed by atoms with Crippen molar-refractivity contribution in [3.05, 3.63) is 6.42 Å². The summed E-state index contributed by atoms with van der Waals surface area (Å²) in [7, 11) is 0. The molecule has 0 nitrogen and oxygen atoms in total. The van der Waals surface area contributed by atoms with Crippen LogP contribution in [0.5, 0.6) is 0 Å². The van der Waals surface area contributed by atoms with Crippen molar-refractivity contribution in [2.45, 2.75) is 65.7 Å². The van der Waals surface area contributed by atoms with Crippen molar-refractivity contribution in [2.24, 2.45) is 5.92 Å². The molecule has 0 amide bonds. The molecule has 0 aliphatic rings. The van der Waals surface area contributed by atoms with Gasteiger partial charge < -0.3 is 0 Å². The van der Waals surface area contributed by atoms with Gasteiger partial charge in [-0.05, 0) is 12.3 Å². The van der Waals surface area contributed by atoms with Gasteiger partial charge in [-0.25, -0.2) is 0 Å². The van der Waals surface area contributed by atoms with Gasteiger partial charge in [0.05, 0.1) is 0 Å². The van der Waals surface area contributed by atoms with E-state index in [2.05, 4.69) is 27.2 Å². The number of hydrogen-bond donors (Lipinski definition) is 0. The topological polar surface area (TPSA) is 0 Å². The largest absolute Gasteiger partial charge is 0.0654 e. The van der Waals surface area contributed by atoms with Crippen LogP contribution in [0.3, 0.4) is 0 Å². The van der Waals surface area contributed by atoms with Gasteiger partial charge in [-0.2, -0.15) is 0 Å². The van der Waals surface area contributed by atoms with Gasteiger partial charge in [0.15, 0.2) is 0 Å². The van der Waals surface area contributed by atoms with Crippen molar-refractivity contribution in [3.8, 4) is 0 Å². The lowest BCUT2D eigenvalue weighted by Crippen LogP contribution is -2.00. The van der Waals surface area contributed by atoms with Gasteiger partial charge in [0, 0.05) is 0 Å². The first kappa shape index (κ1) is 12.0. The highest BCUT2D eigenvalue weighted by molar-refractivity contribution is 4.74. The summed E-state index contributed by atoms with van der Waals surface area (Å²) >= 11 is 0. The summed E-state index contributed by atoms with van der Waals surface area (Å²) in [5.41, 5.74) is 0. The first-order chi connectivity index (χ1) is 5.85. The predicted molar refractivity (Wildman–Crippen MR) is 57.1 cm³/mol. The quantitative estimate of drug-likeness (QED) is 0.498. The lowest BCUT2D eigenvalue weighted by Gasteiger charge is -2.14. The van der Waals surface area contributed by atoms with E-state index in [1.54, 1.807) is 0 Å². The van der Waals surface area contributed by atoms with Crippen LogP contribution in [0.15, 0.2) is 0 Å². The molecule has 0 aliphatic heterocycles. The second-order valence-corrected chi connectivity index (χ2v) is 3.69. The molecule has 0 heterocycles. The Kier molecular flexibility index (Phi) is 9.09. The fraction of sp³-hybridized carbons (Fsp3) is 0.917. The fourth-order valence-corrected chi connectivity index (χ4v) is 1.65. The first-order valence-corrected chi connectivity index (χ1v) is 5.68. The Morgan fingerprint density at radius 2 is 1.42 bits per heavy atom. The van der Waals surface area contributed by atoms with Crippen LogP contribution < -0.4 is 0 Å². The smallest absolute Gasteiger partial charge is 0.0357 e. The van der Waals surface area contributed by atoms with Crippen LogP contribution in [0.1, 0.15) is 65.7 Å². The number of unbranched alkanes of at least 4 members (excludes halogenated alkanes) is 2.